The lowest BCUT2D eigenvalue weighted by atomic mass is 9.75. The second-order valence-corrected chi connectivity index (χ2v) is 7.85. The van der Waals surface area contributed by atoms with Crippen LogP contribution in [-0.2, 0) is 6.42 Å². The number of nitrogens with one attached hydrogen (secondary N) is 1. The monoisotopic (exact) mass is 377 g/mol. The number of aliphatic hydroxyl groups is 1. The van der Waals surface area contributed by atoms with Crippen molar-refractivity contribution in [1.82, 2.24) is 14.7 Å². The van der Waals surface area contributed by atoms with Gasteiger partial charge in [-0.05, 0) is 60.6 Å². The van der Waals surface area contributed by atoms with Crippen molar-refractivity contribution >= 4 is 11.6 Å². The average Bonchev–Trinajstić information content (AvgIpc) is 3.30. The summed E-state index contributed by atoms with van der Waals surface area (Å²) in [6.07, 6.45) is 5.67. The predicted octanol–water partition coefficient (Wildman–Crippen LogP) is 2.82. The molecule has 0 bridgehead atoms. The number of nitrogens with zero attached hydrogens (tertiary/aromatic N) is 2. The molecule has 6 nitrogen and oxygen atoms in total. The molecule has 1 aromatic carbocycles. The van der Waals surface area contributed by atoms with E-state index < -0.39 is 0 Å². The van der Waals surface area contributed by atoms with Crippen LogP contribution < -0.4 is 10.1 Å². The van der Waals surface area contributed by atoms with E-state index >= 15 is 0 Å². The van der Waals surface area contributed by atoms with Gasteiger partial charge in [-0.2, -0.15) is 0 Å². The van der Waals surface area contributed by atoms with E-state index in [1.165, 1.54) is 5.56 Å². The Balaban J connectivity index is 1.44. The molecule has 1 aliphatic heterocycles. The van der Waals surface area contributed by atoms with Crippen LogP contribution in [0.5, 0.6) is 5.75 Å². The largest absolute Gasteiger partial charge is 0.493 e. The topological polar surface area (TPSA) is 75.9 Å². The molecule has 1 amide bonds. The Kier molecular flexibility index (Phi) is 4.09. The highest BCUT2D eigenvalue weighted by Crippen LogP contribution is 2.40. The molecule has 0 radical (unpaired) electrons. The third kappa shape index (κ3) is 2.94. The number of ether oxygens (including phenoxy) is 1. The highest BCUT2D eigenvalue weighted by molar-refractivity contribution is 5.93. The van der Waals surface area contributed by atoms with Crippen LogP contribution in [0.3, 0.4) is 0 Å². The molecule has 28 heavy (non-hydrogen) atoms. The molecular weight excluding hydrogens is 354 g/mol. The van der Waals surface area contributed by atoms with E-state index in [0.717, 1.165) is 28.9 Å². The van der Waals surface area contributed by atoms with Crippen LogP contribution in [0, 0.1) is 12.8 Å². The Morgan fingerprint density at radius 1 is 1.36 bits per heavy atom. The first-order valence-electron chi connectivity index (χ1n) is 9.77. The summed E-state index contributed by atoms with van der Waals surface area (Å²) in [7, 11) is 0. The Morgan fingerprint density at radius 2 is 2.21 bits per heavy atom. The summed E-state index contributed by atoms with van der Waals surface area (Å²) in [6.45, 7) is 2.69. The molecule has 0 saturated heterocycles. The summed E-state index contributed by atoms with van der Waals surface area (Å²) in [5.41, 5.74) is 4.47. The number of rotatable bonds is 4. The zero-order chi connectivity index (χ0) is 19.3. The van der Waals surface area contributed by atoms with E-state index in [1.54, 1.807) is 6.20 Å². The molecule has 6 heteroatoms. The summed E-state index contributed by atoms with van der Waals surface area (Å²) in [5, 5.41) is 13.0. The van der Waals surface area contributed by atoms with E-state index in [-0.39, 0.29) is 24.0 Å². The number of aliphatic hydroxyl groups excluding tert-OH is 1. The number of hydrogen-bond donors (Lipinski definition) is 2. The van der Waals surface area contributed by atoms with Crippen molar-refractivity contribution in [3.8, 4) is 5.75 Å². The van der Waals surface area contributed by atoms with E-state index in [2.05, 4.69) is 16.4 Å². The summed E-state index contributed by atoms with van der Waals surface area (Å²) >= 11 is 0. The van der Waals surface area contributed by atoms with Gasteiger partial charge in [0, 0.05) is 18.8 Å². The smallest absolute Gasteiger partial charge is 0.272 e. The molecule has 1 aliphatic carbocycles. The molecule has 3 aromatic rings. The first kappa shape index (κ1) is 17.3. The van der Waals surface area contributed by atoms with Gasteiger partial charge >= 0.3 is 0 Å². The Bertz CT molecular complexity index is 1050. The van der Waals surface area contributed by atoms with Crippen molar-refractivity contribution in [2.45, 2.75) is 38.3 Å². The fourth-order valence-electron chi connectivity index (χ4n) is 4.25. The Labute approximate surface area is 163 Å². The van der Waals surface area contributed by atoms with Crippen molar-refractivity contribution < 1.29 is 14.6 Å². The van der Waals surface area contributed by atoms with Crippen molar-refractivity contribution in [1.29, 1.82) is 0 Å². The Morgan fingerprint density at radius 3 is 3.00 bits per heavy atom. The third-order valence-corrected chi connectivity index (χ3v) is 5.89. The molecule has 2 N–H and O–H groups in total. The molecule has 2 aromatic heterocycles. The van der Waals surface area contributed by atoms with Gasteiger partial charge in [0.2, 0.25) is 0 Å². The maximum absolute atomic E-state index is 13.0. The van der Waals surface area contributed by atoms with Gasteiger partial charge in [0.25, 0.3) is 5.91 Å². The lowest BCUT2D eigenvalue weighted by Crippen LogP contribution is -2.41. The molecule has 3 heterocycles. The van der Waals surface area contributed by atoms with Gasteiger partial charge in [0.05, 0.1) is 18.8 Å². The van der Waals surface area contributed by atoms with Gasteiger partial charge in [0.15, 0.2) is 0 Å². The minimum atomic E-state index is -0.278. The van der Waals surface area contributed by atoms with Gasteiger partial charge in [-0.3, -0.25) is 4.79 Å². The van der Waals surface area contributed by atoms with Crippen molar-refractivity contribution in [3.05, 3.63) is 65.1 Å². The normalized spacial score (nSPS) is 21.6. The van der Waals surface area contributed by atoms with E-state index in [1.807, 2.05) is 41.8 Å². The van der Waals surface area contributed by atoms with Crippen LogP contribution in [0.2, 0.25) is 0 Å². The van der Waals surface area contributed by atoms with Gasteiger partial charge in [-0.1, -0.05) is 12.1 Å². The van der Waals surface area contributed by atoms with Gasteiger partial charge in [0.1, 0.15) is 17.1 Å². The lowest BCUT2D eigenvalue weighted by Gasteiger charge is -2.38. The second kappa shape index (κ2) is 6.63. The Hall–Kier alpha value is -2.86. The summed E-state index contributed by atoms with van der Waals surface area (Å²) in [6, 6.07) is 9.92. The molecule has 0 unspecified atom stereocenters. The molecular formula is C22H23N3O3. The second-order valence-electron chi connectivity index (χ2n) is 7.85. The number of pyridine rings is 1. The zero-order valence-electron chi connectivity index (χ0n) is 15.8. The maximum atomic E-state index is 13.0. The molecule has 2 aliphatic rings. The molecule has 5 rings (SSSR count). The number of benzene rings is 1. The van der Waals surface area contributed by atoms with Gasteiger partial charge in [-0.25, -0.2) is 4.98 Å². The molecule has 1 atom stereocenters. The molecule has 0 spiro atoms. The van der Waals surface area contributed by atoms with Crippen molar-refractivity contribution in [3.63, 3.8) is 0 Å². The average molecular weight is 377 g/mol. The van der Waals surface area contributed by atoms with Gasteiger partial charge < -0.3 is 19.6 Å². The highest BCUT2D eigenvalue weighted by Gasteiger charge is 2.36. The lowest BCUT2D eigenvalue weighted by molar-refractivity contribution is 0.0234. The SMILES string of the molecule is Cc1cccn2cc(C(=O)N[C@@H](c3ccc4c(c3)CCO4)C3CC(O)C3)nc12. The minimum Gasteiger partial charge on any atom is -0.493 e. The van der Waals surface area contributed by atoms with E-state index in [9.17, 15) is 9.90 Å². The quantitative estimate of drug-likeness (QED) is 0.733. The number of fused-ring (bicyclic) bond motifs is 2. The highest BCUT2D eigenvalue weighted by atomic mass is 16.5. The number of hydrogen-bond acceptors (Lipinski definition) is 4. The summed E-state index contributed by atoms with van der Waals surface area (Å²) < 4.78 is 7.48. The van der Waals surface area contributed by atoms with Crippen LogP contribution in [0.25, 0.3) is 5.65 Å². The van der Waals surface area contributed by atoms with Crippen LogP contribution in [0.4, 0.5) is 0 Å². The third-order valence-electron chi connectivity index (χ3n) is 5.89. The number of aryl methyl sites for hydroxylation is 1. The van der Waals surface area contributed by atoms with Crippen LogP contribution >= 0.6 is 0 Å². The number of aromatic nitrogens is 2. The number of imidazole rings is 1. The fourth-order valence-corrected chi connectivity index (χ4v) is 4.25. The van der Waals surface area contributed by atoms with Gasteiger partial charge in [-0.15, -0.1) is 0 Å². The number of carbonyl (C=O) groups excluding carboxylic acids is 1. The summed E-state index contributed by atoms with van der Waals surface area (Å²) in [5.74, 6) is 0.961. The van der Waals surface area contributed by atoms with Crippen LogP contribution in [0.15, 0.2) is 42.7 Å². The molecule has 1 saturated carbocycles. The molecule has 144 valence electrons. The van der Waals surface area contributed by atoms with E-state index in [4.69, 9.17) is 4.74 Å². The number of carbonyl (C=O) groups is 1. The minimum absolute atomic E-state index is 0.146. The van der Waals surface area contributed by atoms with Crippen molar-refractivity contribution in [2.75, 3.05) is 6.61 Å². The first-order valence-corrected chi connectivity index (χ1v) is 9.77. The zero-order valence-corrected chi connectivity index (χ0v) is 15.8. The first-order chi connectivity index (χ1) is 13.6. The van der Waals surface area contributed by atoms with E-state index in [0.29, 0.717) is 25.1 Å². The van der Waals surface area contributed by atoms with Crippen LogP contribution in [-0.4, -0.2) is 33.1 Å². The maximum Gasteiger partial charge on any atom is 0.272 e. The van der Waals surface area contributed by atoms with Crippen LogP contribution in [0.1, 0.15) is 46.1 Å². The number of amides is 1. The molecule has 1 fully saturated rings. The summed E-state index contributed by atoms with van der Waals surface area (Å²) in [4.78, 5) is 17.5. The standard InChI is InChI=1S/C22H23N3O3/c1-13-3-2-7-25-12-18(23-21(13)25)22(27)24-20(16-10-17(26)11-16)15-4-5-19-14(9-15)6-8-28-19/h2-5,7,9,12,16-17,20,26H,6,8,10-11H2,1H3,(H,24,27)/t16?,17?,20-/m0/s1. The fraction of sp³-hybridized carbons (Fsp3) is 0.364. The van der Waals surface area contributed by atoms with Crippen molar-refractivity contribution in [2.24, 2.45) is 5.92 Å². The predicted molar refractivity (Wildman–Crippen MR) is 105 cm³/mol.